The van der Waals surface area contributed by atoms with Gasteiger partial charge < -0.3 is 9.84 Å². The highest BCUT2D eigenvalue weighted by molar-refractivity contribution is 9.10. The van der Waals surface area contributed by atoms with Gasteiger partial charge in [0.2, 0.25) is 23.6 Å². The number of fused-ring (bicyclic) bond motifs is 5. The zero-order valence-electron chi connectivity index (χ0n) is 23.7. The molecule has 2 saturated heterocycles. The van der Waals surface area contributed by atoms with Crippen molar-refractivity contribution in [1.29, 1.82) is 0 Å². The molecule has 45 heavy (non-hydrogen) atoms. The van der Waals surface area contributed by atoms with Gasteiger partial charge in [-0.25, -0.2) is 0 Å². The second-order valence-electron chi connectivity index (χ2n) is 12.3. The molecule has 3 aromatic rings. The number of rotatable bonds is 3. The zero-order valence-corrected chi connectivity index (χ0v) is 26.9. The first-order valence-corrected chi connectivity index (χ1v) is 16.4. The van der Waals surface area contributed by atoms with Crippen molar-refractivity contribution in [3.8, 4) is 11.5 Å². The number of phenolic OH excluding ortho intramolecular Hbond substituents is 1. The Hall–Kier alpha value is -4.02. The molecule has 0 aromatic heterocycles. The third-order valence-electron chi connectivity index (χ3n) is 9.99. The molecule has 0 radical (unpaired) electrons. The lowest BCUT2D eigenvalue weighted by Crippen LogP contribution is -2.45. The van der Waals surface area contributed by atoms with E-state index in [0.717, 1.165) is 25.7 Å². The molecular weight excluding hydrogens is 704 g/mol. The Morgan fingerprint density at radius 1 is 0.711 bits per heavy atom. The van der Waals surface area contributed by atoms with Crippen LogP contribution in [0.3, 0.4) is 0 Å². The average Bonchev–Trinajstić information content (AvgIpc) is 3.44. The Morgan fingerprint density at radius 2 is 1.31 bits per heavy atom. The summed E-state index contributed by atoms with van der Waals surface area (Å²) in [7, 11) is 0. The van der Waals surface area contributed by atoms with E-state index in [4.69, 9.17) is 4.74 Å². The third-order valence-corrected chi connectivity index (χ3v) is 11.1. The maximum Gasteiger partial charge on any atom is 0.238 e. The molecular formula is C35H26Br2N2O6. The van der Waals surface area contributed by atoms with E-state index < -0.39 is 35.5 Å². The fourth-order valence-corrected chi connectivity index (χ4v) is 8.63. The third kappa shape index (κ3) is 4.36. The fourth-order valence-electron chi connectivity index (χ4n) is 8.10. The Labute approximate surface area is 275 Å². The predicted octanol–water partition coefficient (Wildman–Crippen LogP) is 6.31. The number of allylic oxidation sites excluding steroid dienone is 3. The molecule has 8 nitrogen and oxygen atoms in total. The first-order valence-electron chi connectivity index (χ1n) is 14.9. The van der Waals surface area contributed by atoms with E-state index in [1.165, 1.54) is 9.80 Å². The van der Waals surface area contributed by atoms with Crippen molar-refractivity contribution in [3.05, 3.63) is 105 Å². The van der Waals surface area contributed by atoms with Crippen molar-refractivity contribution in [2.75, 3.05) is 9.80 Å². The van der Waals surface area contributed by atoms with Crippen molar-refractivity contribution in [2.24, 2.45) is 35.5 Å². The summed E-state index contributed by atoms with van der Waals surface area (Å²) in [5.74, 6) is -3.84. The highest BCUT2D eigenvalue weighted by atomic mass is 79.9. The van der Waals surface area contributed by atoms with Crippen LogP contribution in [-0.2, 0) is 25.6 Å². The molecule has 3 heterocycles. The van der Waals surface area contributed by atoms with Crippen LogP contribution in [0.4, 0.5) is 11.4 Å². The van der Waals surface area contributed by atoms with Crippen LogP contribution in [0.5, 0.6) is 11.5 Å². The second-order valence-corrected chi connectivity index (χ2v) is 14.1. The number of hydrogen-bond acceptors (Lipinski definition) is 6. The number of hydrogen-bond donors (Lipinski definition) is 1. The van der Waals surface area contributed by atoms with Crippen molar-refractivity contribution >= 4 is 66.9 Å². The van der Waals surface area contributed by atoms with Crippen LogP contribution in [0.2, 0.25) is 0 Å². The number of aromatic hydroxyl groups is 1. The molecule has 10 heteroatoms. The van der Waals surface area contributed by atoms with E-state index in [-0.39, 0.29) is 29.4 Å². The molecule has 2 aliphatic carbocycles. The fraction of sp³-hybridized carbons (Fsp3) is 0.257. The predicted molar refractivity (Wildman–Crippen MR) is 172 cm³/mol. The number of benzene rings is 3. The van der Waals surface area contributed by atoms with E-state index >= 15 is 0 Å². The van der Waals surface area contributed by atoms with Gasteiger partial charge in [-0.15, -0.1) is 0 Å². The number of ether oxygens (including phenoxy) is 1. The molecule has 0 spiro atoms. The summed E-state index contributed by atoms with van der Waals surface area (Å²) in [6, 6.07) is 19.1. The number of amides is 4. The van der Waals surface area contributed by atoms with E-state index in [2.05, 4.69) is 31.9 Å². The number of imide groups is 2. The lowest BCUT2D eigenvalue weighted by molar-refractivity contribution is -0.126. The number of phenols is 1. The van der Waals surface area contributed by atoms with Crippen molar-refractivity contribution in [1.82, 2.24) is 0 Å². The average molecular weight is 730 g/mol. The maximum absolute atomic E-state index is 14.3. The van der Waals surface area contributed by atoms with E-state index in [0.29, 0.717) is 36.4 Å². The standard InChI is InChI=1S/C35H26Br2N2O6/c36-19-1-5-21(6-2-19)38-32(41)25-11-10-24-26(30(25)34(38)43)15-27-31(35(44)39(33(27)42)22-7-3-20(37)4-8-22)29(24)18-13-17-14-23(40)9-12-28(17)45-16-18/h1-10,12,14,16,25-27,29-31,40H,11,13,15H2/t25-,26+,27+,29-,30-,31+/m0/s1. The van der Waals surface area contributed by atoms with E-state index in [1.54, 1.807) is 73.0 Å². The minimum absolute atomic E-state index is 0.106. The van der Waals surface area contributed by atoms with Crippen molar-refractivity contribution in [2.45, 2.75) is 19.3 Å². The summed E-state index contributed by atoms with van der Waals surface area (Å²) in [6.45, 7) is 0. The summed E-state index contributed by atoms with van der Waals surface area (Å²) < 4.78 is 7.69. The lowest BCUT2D eigenvalue weighted by atomic mass is 9.56. The van der Waals surface area contributed by atoms with Gasteiger partial charge in [0.1, 0.15) is 11.5 Å². The minimum Gasteiger partial charge on any atom is -0.508 e. The highest BCUT2D eigenvalue weighted by Gasteiger charge is 2.62. The van der Waals surface area contributed by atoms with Crippen LogP contribution in [0.1, 0.15) is 18.4 Å². The van der Waals surface area contributed by atoms with Gasteiger partial charge in [-0.05, 0) is 91.1 Å². The molecule has 1 N–H and O–H groups in total. The molecule has 3 aromatic carbocycles. The topological polar surface area (TPSA) is 104 Å². The molecule has 8 rings (SSSR count). The van der Waals surface area contributed by atoms with Crippen molar-refractivity contribution < 1.29 is 29.0 Å². The summed E-state index contributed by atoms with van der Waals surface area (Å²) in [6.07, 6.45) is 4.76. The SMILES string of the molecule is O=C1[C@H]2[C@H](CC=C3[C@H](C4=COc5ccc(O)cc5C4)[C@@H]4C(=O)N(c5ccc(Br)cc5)C(=O)[C@@H]4C[C@H]32)C(=O)N1c1ccc(Br)cc1. The number of nitrogens with zero attached hydrogens (tertiary/aromatic N) is 2. The molecule has 1 saturated carbocycles. The number of carbonyl (C=O) groups excluding carboxylic acids is 4. The monoisotopic (exact) mass is 728 g/mol. The van der Waals surface area contributed by atoms with Crippen LogP contribution in [-0.4, -0.2) is 28.7 Å². The molecule has 3 aliphatic heterocycles. The first-order chi connectivity index (χ1) is 21.7. The van der Waals surface area contributed by atoms with Crippen LogP contribution in [0.15, 0.2) is 99.2 Å². The van der Waals surface area contributed by atoms with Gasteiger partial charge in [0.25, 0.3) is 0 Å². The number of anilines is 2. The maximum atomic E-state index is 14.3. The molecule has 5 aliphatic rings. The van der Waals surface area contributed by atoms with Crippen LogP contribution >= 0.6 is 31.9 Å². The van der Waals surface area contributed by atoms with Gasteiger partial charge in [-0.3, -0.25) is 29.0 Å². The zero-order chi connectivity index (χ0) is 31.1. The summed E-state index contributed by atoms with van der Waals surface area (Å²) >= 11 is 6.85. The summed E-state index contributed by atoms with van der Waals surface area (Å²) in [4.78, 5) is 58.9. The Morgan fingerprint density at radius 3 is 1.96 bits per heavy atom. The minimum atomic E-state index is -0.691. The Balaban J connectivity index is 1.22. The van der Waals surface area contributed by atoms with Gasteiger partial charge >= 0.3 is 0 Å². The summed E-state index contributed by atoms with van der Waals surface area (Å²) in [5, 5.41) is 10.2. The molecule has 0 bridgehead atoms. The van der Waals surface area contributed by atoms with Gasteiger partial charge in [-0.2, -0.15) is 0 Å². The largest absolute Gasteiger partial charge is 0.508 e. The summed E-state index contributed by atoms with van der Waals surface area (Å²) in [5.41, 5.74) is 3.50. The van der Waals surface area contributed by atoms with Crippen molar-refractivity contribution in [3.63, 3.8) is 0 Å². The lowest BCUT2D eigenvalue weighted by Gasteiger charge is -2.45. The smallest absolute Gasteiger partial charge is 0.238 e. The van der Waals surface area contributed by atoms with Crippen LogP contribution in [0, 0.1) is 35.5 Å². The normalized spacial score (nSPS) is 28.6. The Kier molecular flexibility index (Phi) is 6.65. The quantitative estimate of drug-likeness (QED) is 0.250. The number of halogens is 2. The Bertz CT molecular complexity index is 1870. The molecule has 3 fully saturated rings. The van der Waals surface area contributed by atoms with E-state index in [9.17, 15) is 24.3 Å². The van der Waals surface area contributed by atoms with Crippen LogP contribution < -0.4 is 14.5 Å². The number of carbonyl (C=O) groups is 4. The first kappa shape index (κ1) is 28.5. The molecule has 0 unspecified atom stereocenters. The second kappa shape index (κ2) is 10.5. The van der Waals surface area contributed by atoms with Gasteiger partial charge in [0.05, 0.1) is 41.3 Å². The highest BCUT2D eigenvalue weighted by Crippen LogP contribution is 2.58. The van der Waals surface area contributed by atoms with Gasteiger partial charge in [0.15, 0.2) is 0 Å². The van der Waals surface area contributed by atoms with Gasteiger partial charge in [0, 0.05) is 26.8 Å². The molecule has 226 valence electrons. The van der Waals surface area contributed by atoms with Crippen LogP contribution in [0.25, 0.3) is 0 Å². The molecule has 4 amide bonds. The molecule has 6 atom stereocenters. The van der Waals surface area contributed by atoms with Gasteiger partial charge in [-0.1, -0.05) is 43.5 Å². The van der Waals surface area contributed by atoms with E-state index in [1.807, 2.05) is 6.08 Å².